The maximum Gasteiger partial charge on any atom is 0.409 e. The fraction of sp³-hybridized carbons (Fsp3) is 0.778. The van der Waals surface area contributed by atoms with Crippen LogP contribution in [0.5, 0.6) is 0 Å². The lowest BCUT2D eigenvalue weighted by Gasteiger charge is -2.32. The number of carbonyl (C=O) groups excluding carboxylic acids is 1. The minimum atomic E-state index is -2.54. The summed E-state index contributed by atoms with van der Waals surface area (Å²) in [7, 11) is -1.35. The maximum absolute atomic E-state index is 11.4. The van der Waals surface area contributed by atoms with Crippen LogP contribution in [0.15, 0.2) is 0 Å². The minimum absolute atomic E-state index is 0.128. The molecule has 0 aliphatic heterocycles. The van der Waals surface area contributed by atoms with Gasteiger partial charge in [0, 0.05) is 0 Å². The first kappa shape index (κ1) is 14.1. The summed E-state index contributed by atoms with van der Waals surface area (Å²) in [5.41, 5.74) is 0. The normalized spacial score (nSPS) is 10.9. The molecule has 0 aromatic rings. The van der Waals surface area contributed by atoms with Crippen molar-refractivity contribution < 1.29 is 22.4 Å². The standard InChI is InChI=1S/C9H18NO4S/c1-5-10(6-2,7-3)8(15(12)13)9(11)14-4/h5-7H2,1-4H3/q+1. The molecule has 0 unspecified atom stereocenters. The lowest BCUT2D eigenvalue weighted by Crippen LogP contribution is -2.56. The van der Waals surface area contributed by atoms with E-state index in [2.05, 4.69) is 4.74 Å². The van der Waals surface area contributed by atoms with Crippen molar-refractivity contribution in [2.45, 2.75) is 20.8 Å². The molecule has 0 aliphatic rings. The van der Waals surface area contributed by atoms with Crippen molar-refractivity contribution in [2.75, 3.05) is 26.7 Å². The molecular formula is C9H18NO4S+. The van der Waals surface area contributed by atoms with Crippen molar-refractivity contribution in [3.8, 4) is 0 Å². The summed E-state index contributed by atoms with van der Waals surface area (Å²) in [6.07, 6.45) is 0. The van der Waals surface area contributed by atoms with Crippen LogP contribution in [0.2, 0.25) is 0 Å². The van der Waals surface area contributed by atoms with Crippen LogP contribution in [-0.2, 0) is 19.8 Å². The number of methoxy groups -OCH3 is 1. The Kier molecular flexibility index (Phi) is 5.53. The van der Waals surface area contributed by atoms with Crippen LogP contribution in [0.1, 0.15) is 20.8 Å². The van der Waals surface area contributed by atoms with E-state index in [1.165, 1.54) is 7.11 Å². The maximum atomic E-state index is 11.4. The third-order valence-electron chi connectivity index (χ3n) is 2.76. The van der Waals surface area contributed by atoms with Gasteiger partial charge in [-0.15, -0.1) is 0 Å². The molecule has 0 amide bonds. The number of esters is 1. The van der Waals surface area contributed by atoms with E-state index in [4.69, 9.17) is 0 Å². The molecule has 0 aromatic carbocycles. The quantitative estimate of drug-likeness (QED) is 0.394. The van der Waals surface area contributed by atoms with Gasteiger partial charge in [0.15, 0.2) is 0 Å². The lowest BCUT2D eigenvalue weighted by molar-refractivity contribution is -0.832. The van der Waals surface area contributed by atoms with Crippen LogP contribution in [0.4, 0.5) is 0 Å². The number of hydrogen-bond donors (Lipinski definition) is 0. The molecular weight excluding hydrogens is 218 g/mol. The molecule has 0 spiro atoms. The van der Waals surface area contributed by atoms with Gasteiger partial charge in [0.05, 0.1) is 26.7 Å². The zero-order valence-electron chi connectivity index (χ0n) is 9.61. The average Bonchev–Trinajstić information content (AvgIpc) is 2.24. The molecule has 0 aromatic heterocycles. The summed E-state index contributed by atoms with van der Waals surface area (Å²) < 4.78 is 26.8. The fourth-order valence-corrected chi connectivity index (χ4v) is 2.53. The van der Waals surface area contributed by atoms with E-state index in [0.717, 1.165) is 0 Å². The Hall–Kier alpha value is -0.880. The molecule has 0 fully saturated rings. The number of carbonyl (C=O) groups is 1. The van der Waals surface area contributed by atoms with Gasteiger partial charge in [-0.2, -0.15) is 8.42 Å². The van der Waals surface area contributed by atoms with E-state index >= 15 is 0 Å². The monoisotopic (exact) mass is 236 g/mol. The van der Waals surface area contributed by atoms with Crippen LogP contribution in [-0.4, -0.2) is 50.6 Å². The largest absolute Gasteiger partial charge is 0.461 e. The van der Waals surface area contributed by atoms with Gasteiger partial charge < -0.3 is 4.74 Å². The minimum Gasteiger partial charge on any atom is -0.461 e. The third-order valence-corrected chi connectivity index (χ3v) is 3.63. The first-order valence-electron chi connectivity index (χ1n) is 4.90. The number of rotatable bonds is 3. The Labute approximate surface area is 91.8 Å². The second-order valence-electron chi connectivity index (χ2n) is 3.13. The molecule has 0 saturated heterocycles. The van der Waals surface area contributed by atoms with Crippen molar-refractivity contribution in [1.29, 1.82) is 0 Å². The molecule has 0 atom stereocenters. The Morgan fingerprint density at radius 2 is 1.53 bits per heavy atom. The summed E-state index contributed by atoms with van der Waals surface area (Å²) in [4.78, 5) is 11.2. The van der Waals surface area contributed by atoms with E-state index in [1.807, 2.05) is 20.8 Å². The predicted octanol–water partition coefficient (Wildman–Crippen LogP) is 0.0449. The van der Waals surface area contributed by atoms with Gasteiger partial charge in [0.25, 0.3) is 10.3 Å². The van der Waals surface area contributed by atoms with Crippen LogP contribution < -0.4 is 0 Å². The zero-order valence-corrected chi connectivity index (χ0v) is 10.4. The topological polar surface area (TPSA) is 60.4 Å². The van der Waals surface area contributed by atoms with E-state index in [1.54, 1.807) is 0 Å². The highest BCUT2D eigenvalue weighted by Gasteiger charge is 2.37. The molecule has 0 bridgehead atoms. The first-order valence-corrected chi connectivity index (χ1v) is 5.97. The van der Waals surface area contributed by atoms with Gasteiger partial charge in [-0.1, -0.05) is 0 Å². The highest BCUT2D eigenvalue weighted by Crippen LogP contribution is 2.08. The van der Waals surface area contributed by atoms with E-state index in [-0.39, 0.29) is 9.47 Å². The molecule has 5 nitrogen and oxygen atoms in total. The van der Waals surface area contributed by atoms with E-state index in [9.17, 15) is 13.2 Å². The Bertz CT molecular complexity index is 338. The average molecular weight is 236 g/mol. The van der Waals surface area contributed by atoms with Gasteiger partial charge in [0.2, 0.25) is 0 Å². The third kappa shape index (κ3) is 2.79. The molecule has 0 aliphatic carbocycles. The molecule has 0 rings (SSSR count). The summed E-state index contributed by atoms with van der Waals surface area (Å²) in [5, 5.41) is 0. The van der Waals surface area contributed by atoms with Gasteiger partial charge in [-0.25, -0.2) is 4.79 Å². The van der Waals surface area contributed by atoms with Crippen molar-refractivity contribution in [2.24, 2.45) is 0 Å². The summed E-state index contributed by atoms with van der Waals surface area (Å²) >= 11 is 0. The van der Waals surface area contributed by atoms with Crippen LogP contribution in [0.25, 0.3) is 0 Å². The van der Waals surface area contributed by atoms with Gasteiger partial charge >= 0.3 is 11.0 Å². The second kappa shape index (κ2) is 5.87. The Morgan fingerprint density at radius 1 is 1.13 bits per heavy atom. The van der Waals surface area contributed by atoms with Crippen molar-refractivity contribution in [1.82, 2.24) is 0 Å². The molecule has 15 heavy (non-hydrogen) atoms. The summed E-state index contributed by atoms with van der Waals surface area (Å²) in [6, 6.07) is 0. The molecule has 0 N–H and O–H groups in total. The number of ether oxygens (including phenoxy) is 1. The number of nitrogens with zero attached hydrogens (tertiary/aromatic N) is 1. The van der Waals surface area contributed by atoms with Gasteiger partial charge in [-0.3, -0.25) is 4.48 Å². The second-order valence-corrected chi connectivity index (χ2v) is 3.98. The van der Waals surface area contributed by atoms with Crippen LogP contribution >= 0.6 is 0 Å². The van der Waals surface area contributed by atoms with Crippen molar-refractivity contribution >= 4 is 21.3 Å². The molecule has 0 radical (unpaired) electrons. The highest BCUT2D eigenvalue weighted by molar-refractivity contribution is 7.74. The van der Waals surface area contributed by atoms with Crippen molar-refractivity contribution in [3.63, 3.8) is 0 Å². The Balaban J connectivity index is 5.64. The number of likely N-dealkylation sites (N-methyl/N-ethyl adjacent to an activating group) is 1. The smallest absolute Gasteiger partial charge is 0.409 e. The predicted molar refractivity (Wildman–Crippen MR) is 57.8 cm³/mol. The summed E-state index contributed by atoms with van der Waals surface area (Å²) in [5.74, 6) is -0.770. The number of hydrogen-bond acceptors (Lipinski definition) is 4. The van der Waals surface area contributed by atoms with Gasteiger partial charge in [0.1, 0.15) is 0 Å². The highest BCUT2D eigenvalue weighted by atomic mass is 32.2. The first-order chi connectivity index (χ1) is 6.98. The van der Waals surface area contributed by atoms with E-state index in [0.29, 0.717) is 19.6 Å². The van der Waals surface area contributed by atoms with Gasteiger partial charge in [-0.05, 0) is 20.8 Å². The van der Waals surface area contributed by atoms with Crippen LogP contribution in [0, 0.1) is 0 Å². The lowest BCUT2D eigenvalue weighted by atomic mass is 10.3. The molecule has 0 saturated carbocycles. The number of quaternary nitrogens is 1. The molecule has 6 heteroatoms. The molecule has 0 heterocycles. The molecule has 88 valence electrons. The van der Waals surface area contributed by atoms with Crippen molar-refractivity contribution in [3.05, 3.63) is 0 Å². The summed E-state index contributed by atoms with van der Waals surface area (Å²) in [6.45, 7) is 7.19. The SMILES string of the molecule is CC[N+](CC)(CC)C(C(=O)OC)=S(=O)=O. The Morgan fingerprint density at radius 3 is 1.73 bits per heavy atom. The van der Waals surface area contributed by atoms with Crippen LogP contribution in [0.3, 0.4) is 0 Å². The van der Waals surface area contributed by atoms with E-state index < -0.39 is 16.3 Å². The fourth-order valence-electron chi connectivity index (χ4n) is 1.61. The zero-order chi connectivity index (χ0) is 12.1.